The monoisotopic (exact) mass is 453 g/mol. The van der Waals surface area contributed by atoms with E-state index < -0.39 is 26.0 Å². The zero-order valence-electron chi connectivity index (χ0n) is 17.9. The highest BCUT2D eigenvalue weighted by Crippen LogP contribution is 2.25. The van der Waals surface area contributed by atoms with Gasteiger partial charge >= 0.3 is 0 Å². The second kappa shape index (κ2) is 8.75. The van der Waals surface area contributed by atoms with Crippen molar-refractivity contribution in [3.8, 4) is 0 Å². The molecule has 2 aromatic rings. The summed E-state index contributed by atoms with van der Waals surface area (Å²) in [6, 6.07) is 7.79. The van der Waals surface area contributed by atoms with Gasteiger partial charge in [-0.25, -0.2) is 21.1 Å². The number of carbonyl (C=O) groups excluding carboxylic acids is 1. The lowest BCUT2D eigenvalue weighted by molar-refractivity contribution is 0.102. The predicted molar refractivity (Wildman–Crippen MR) is 119 cm³/mol. The van der Waals surface area contributed by atoms with Crippen LogP contribution in [0.15, 0.2) is 35.2 Å². The van der Waals surface area contributed by atoms with E-state index in [-0.39, 0.29) is 16.2 Å². The Kier molecular flexibility index (Phi) is 6.95. The molecule has 0 spiro atoms. The highest BCUT2D eigenvalue weighted by molar-refractivity contribution is 7.92. The molecule has 0 saturated heterocycles. The van der Waals surface area contributed by atoms with Crippen LogP contribution in [0.3, 0.4) is 0 Å². The van der Waals surface area contributed by atoms with Crippen LogP contribution in [-0.4, -0.2) is 46.9 Å². The highest BCUT2D eigenvalue weighted by Gasteiger charge is 2.23. The lowest BCUT2D eigenvalue weighted by Crippen LogP contribution is -2.24. The fraction of sp³-hybridized carbons (Fsp3) is 0.350. The fourth-order valence-electron chi connectivity index (χ4n) is 2.72. The number of carbonyl (C=O) groups is 1. The number of amides is 1. The van der Waals surface area contributed by atoms with Gasteiger partial charge in [-0.3, -0.25) is 9.52 Å². The van der Waals surface area contributed by atoms with Crippen LogP contribution < -0.4 is 10.0 Å². The molecular formula is C20H27N3O5S2. The molecule has 0 bridgehead atoms. The lowest BCUT2D eigenvalue weighted by atomic mass is 10.1. The van der Waals surface area contributed by atoms with Crippen LogP contribution >= 0.6 is 0 Å². The van der Waals surface area contributed by atoms with Crippen molar-refractivity contribution in [2.75, 3.05) is 29.9 Å². The second-order valence-electron chi connectivity index (χ2n) is 7.19. The molecule has 30 heavy (non-hydrogen) atoms. The summed E-state index contributed by atoms with van der Waals surface area (Å²) in [5.74, 6) is -0.509. The van der Waals surface area contributed by atoms with Gasteiger partial charge in [-0.2, -0.15) is 0 Å². The molecule has 2 rings (SSSR count). The minimum Gasteiger partial charge on any atom is -0.322 e. The molecule has 0 heterocycles. The fourth-order valence-corrected chi connectivity index (χ4v) is 4.65. The van der Waals surface area contributed by atoms with Crippen LogP contribution in [0.2, 0.25) is 0 Å². The van der Waals surface area contributed by atoms with Gasteiger partial charge < -0.3 is 5.32 Å². The van der Waals surface area contributed by atoms with Crippen molar-refractivity contribution < 1.29 is 21.6 Å². The molecule has 1 amide bonds. The van der Waals surface area contributed by atoms with E-state index in [0.717, 1.165) is 4.31 Å². The first-order chi connectivity index (χ1) is 13.8. The number of aryl methyl sites for hydroxylation is 2. The van der Waals surface area contributed by atoms with E-state index in [1.807, 2.05) is 0 Å². The van der Waals surface area contributed by atoms with Crippen molar-refractivity contribution in [2.24, 2.45) is 0 Å². The van der Waals surface area contributed by atoms with E-state index in [1.54, 1.807) is 52.0 Å². The SMILES string of the molecule is CCS(=O)(=O)Nc1ccc(NC(=O)c2cc(C)c(C)c(S(=O)(=O)N(C)C)c2)cc1C. The summed E-state index contributed by atoms with van der Waals surface area (Å²) in [5.41, 5.74) is 3.02. The first-order valence-electron chi connectivity index (χ1n) is 9.24. The van der Waals surface area contributed by atoms with Crippen LogP contribution in [0.4, 0.5) is 11.4 Å². The minimum atomic E-state index is -3.70. The van der Waals surface area contributed by atoms with Crippen molar-refractivity contribution in [1.82, 2.24) is 4.31 Å². The summed E-state index contributed by atoms with van der Waals surface area (Å²) in [5, 5.41) is 2.73. The average molecular weight is 454 g/mol. The summed E-state index contributed by atoms with van der Waals surface area (Å²) in [6.07, 6.45) is 0. The molecule has 0 saturated carbocycles. The number of sulfonamides is 2. The third kappa shape index (κ3) is 5.18. The molecule has 164 valence electrons. The van der Waals surface area contributed by atoms with E-state index in [1.165, 1.54) is 20.2 Å². The number of hydrogen-bond donors (Lipinski definition) is 2. The maximum Gasteiger partial charge on any atom is 0.255 e. The zero-order chi connectivity index (χ0) is 22.9. The molecule has 10 heteroatoms. The standard InChI is InChI=1S/C20H27N3O5S2/c1-7-29(25,26)22-18-9-8-17(11-14(18)3)21-20(24)16-10-13(2)15(4)19(12-16)30(27,28)23(5)6/h8-12,22H,7H2,1-6H3,(H,21,24). The highest BCUT2D eigenvalue weighted by atomic mass is 32.2. The van der Waals surface area contributed by atoms with E-state index in [4.69, 9.17) is 0 Å². The van der Waals surface area contributed by atoms with Crippen molar-refractivity contribution in [2.45, 2.75) is 32.6 Å². The first kappa shape index (κ1) is 23.8. The van der Waals surface area contributed by atoms with Crippen molar-refractivity contribution in [3.63, 3.8) is 0 Å². The molecule has 0 aliphatic rings. The normalized spacial score (nSPS) is 12.1. The summed E-state index contributed by atoms with van der Waals surface area (Å²) in [4.78, 5) is 12.8. The third-order valence-corrected chi connectivity index (χ3v) is 8.00. The Balaban J connectivity index is 2.35. The van der Waals surface area contributed by atoms with Crippen molar-refractivity contribution in [1.29, 1.82) is 0 Å². The van der Waals surface area contributed by atoms with Crippen LogP contribution in [0.25, 0.3) is 0 Å². The lowest BCUT2D eigenvalue weighted by Gasteiger charge is -2.17. The van der Waals surface area contributed by atoms with Crippen LogP contribution in [0.5, 0.6) is 0 Å². The summed E-state index contributed by atoms with van der Waals surface area (Å²) >= 11 is 0. The maximum absolute atomic E-state index is 12.8. The van der Waals surface area contributed by atoms with Gasteiger partial charge in [0.25, 0.3) is 5.91 Å². The van der Waals surface area contributed by atoms with Gasteiger partial charge in [0.1, 0.15) is 0 Å². The van der Waals surface area contributed by atoms with Crippen LogP contribution in [-0.2, 0) is 20.0 Å². The quantitative estimate of drug-likeness (QED) is 0.669. The number of nitrogens with one attached hydrogen (secondary N) is 2. The van der Waals surface area contributed by atoms with Gasteiger partial charge in [0.2, 0.25) is 20.0 Å². The molecule has 8 nitrogen and oxygen atoms in total. The minimum absolute atomic E-state index is 0.0457. The Morgan fingerprint density at radius 2 is 1.60 bits per heavy atom. The molecule has 0 aromatic heterocycles. The van der Waals surface area contributed by atoms with Gasteiger partial charge in [0, 0.05) is 25.3 Å². The van der Waals surface area contributed by atoms with Gasteiger partial charge in [-0.1, -0.05) is 0 Å². The molecule has 2 N–H and O–H groups in total. The van der Waals surface area contributed by atoms with Crippen LogP contribution in [0.1, 0.15) is 34.0 Å². The maximum atomic E-state index is 12.8. The third-order valence-electron chi connectivity index (χ3n) is 4.77. The van der Waals surface area contributed by atoms with Crippen LogP contribution in [0, 0.1) is 20.8 Å². The predicted octanol–water partition coefficient (Wildman–Crippen LogP) is 2.88. The Labute approximate surface area is 178 Å². The van der Waals surface area contributed by atoms with Gasteiger partial charge in [0.15, 0.2) is 0 Å². The number of anilines is 2. The summed E-state index contributed by atoms with van der Waals surface area (Å²) < 4.78 is 52.3. The molecule has 0 atom stereocenters. The summed E-state index contributed by atoms with van der Waals surface area (Å²) in [6.45, 7) is 6.72. The van der Waals surface area contributed by atoms with E-state index in [9.17, 15) is 21.6 Å². The van der Waals surface area contributed by atoms with E-state index >= 15 is 0 Å². The van der Waals surface area contributed by atoms with E-state index in [2.05, 4.69) is 10.0 Å². The molecular weight excluding hydrogens is 426 g/mol. The molecule has 0 aliphatic carbocycles. The Bertz CT molecular complexity index is 1190. The Morgan fingerprint density at radius 1 is 0.967 bits per heavy atom. The Morgan fingerprint density at radius 3 is 2.13 bits per heavy atom. The van der Waals surface area contributed by atoms with Crippen molar-refractivity contribution in [3.05, 3.63) is 52.6 Å². The molecule has 2 aromatic carbocycles. The number of hydrogen-bond acceptors (Lipinski definition) is 5. The topological polar surface area (TPSA) is 113 Å². The first-order valence-corrected chi connectivity index (χ1v) is 12.3. The van der Waals surface area contributed by atoms with Gasteiger partial charge in [-0.05, 0) is 74.7 Å². The van der Waals surface area contributed by atoms with E-state index in [0.29, 0.717) is 28.1 Å². The smallest absolute Gasteiger partial charge is 0.255 e. The van der Waals surface area contributed by atoms with Crippen molar-refractivity contribution >= 4 is 37.3 Å². The van der Waals surface area contributed by atoms with Gasteiger partial charge in [0.05, 0.1) is 16.3 Å². The number of nitrogens with zero attached hydrogens (tertiary/aromatic N) is 1. The second-order valence-corrected chi connectivity index (χ2v) is 11.3. The number of benzene rings is 2. The molecule has 0 unspecified atom stereocenters. The zero-order valence-corrected chi connectivity index (χ0v) is 19.5. The number of rotatable bonds is 7. The molecule has 0 radical (unpaired) electrons. The van der Waals surface area contributed by atoms with Gasteiger partial charge in [-0.15, -0.1) is 0 Å². The summed E-state index contributed by atoms with van der Waals surface area (Å²) in [7, 11) is -4.23. The average Bonchev–Trinajstić information content (AvgIpc) is 2.65. The largest absolute Gasteiger partial charge is 0.322 e. The Hall–Kier alpha value is -2.43. The molecule has 0 aliphatic heterocycles. The molecule has 0 fully saturated rings.